The van der Waals surface area contributed by atoms with Crippen LogP contribution in [0.15, 0.2) is 59.5 Å². The molecule has 0 amide bonds. The summed E-state index contributed by atoms with van der Waals surface area (Å²) in [4.78, 5) is 4.71. The maximum atomic E-state index is 13.1. The zero-order chi connectivity index (χ0) is 20.6. The molecule has 2 aromatic carbocycles. The van der Waals surface area contributed by atoms with E-state index in [9.17, 15) is 8.42 Å². The quantitative estimate of drug-likeness (QED) is 0.643. The van der Waals surface area contributed by atoms with E-state index in [1.165, 1.54) is 12.8 Å². The van der Waals surface area contributed by atoms with Crippen LogP contribution in [0.5, 0.6) is 0 Å². The van der Waals surface area contributed by atoms with Crippen molar-refractivity contribution in [2.45, 2.75) is 17.7 Å². The smallest absolute Gasteiger partial charge is 0.243 e. The summed E-state index contributed by atoms with van der Waals surface area (Å²) in [5.74, 6) is 1.73. The fraction of sp³-hybridized carbons (Fsp3) is 0.364. The molecule has 3 heterocycles. The lowest BCUT2D eigenvalue weighted by Gasteiger charge is -2.34. The normalized spacial score (nSPS) is 18.3. The minimum atomic E-state index is -3.51. The van der Waals surface area contributed by atoms with Crippen molar-refractivity contribution in [1.82, 2.24) is 14.5 Å². The van der Waals surface area contributed by atoms with Crippen molar-refractivity contribution in [1.29, 1.82) is 0 Å². The Morgan fingerprint density at radius 2 is 1.27 bits per heavy atom. The van der Waals surface area contributed by atoms with Gasteiger partial charge in [0.05, 0.1) is 4.90 Å². The van der Waals surface area contributed by atoms with Gasteiger partial charge in [-0.05, 0) is 47.9 Å². The zero-order valence-corrected chi connectivity index (χ0v) is 17.6. The van der Waals surface area contributed by atoms with Gasteiger partial charge >= 0.3 is 0 Å². The highest BCUT2D eigenvalue weighted by Crippen LogP contribution is 2.24. The van der Waals surface area contributed by atoms with E-state index in [1.54, 1.807) is 16.4 Å². The minimum Gasteiger partial charge on any atom is -0.355 e. The monoisotopic (exact) mass is 423 g/mol. The van der Waals surface area contributed by atoms with E-state index in [-0.39, 0.29) is 0 Å². The van der Waals surface area contributed by atoms with E-state index in [4.69, 9.17) is 0 Å². The van der Waals surface area contributed by atoms with Gasteiger partial charge in [-0.3, -0.25) is 0 Å². The molecule has 0 N–H and O–H groups in total. The van der Waals surface area contributed by atoms with Gasteiger partial charge in [0.25, 0.3) is 0 Å². The first kappa shape index (κ1) is 19.3. The third kappa shape index (κ3) is 3.61. The maximum Gasteiger partial charge on any atom is 0.243 e. The van der Waals surface area contributed by atoms with E-state index >= 15 is 0 Å². The SMILES string of the molecule is O=S(=O)(c1ccc2ccccc2c1)N1CCN(c2ccc(N3CCCC3)nn2)CC1. The molecule has 2 aliphatic heterocycles. The number of benzene rings is 2. The second-order valence-electron chi connectivity index (χ2n) is 7.84. The minimum absolute atomic E-state index is 0.351. The lowest BCUT2D eigenvalue weighted by Crippen LogP contribution is -2.49. The van der Waals surface area contributed by atoms with Crippen molar-refractivity contribution < 1.29 is 8.42 Å². The standard InChI is InChI=1S/C22H25N5O2S/c28-30(29,20-8-7-18-5-1-2-6-19(18)17-20)27-15-13-26(14-16-27)22-10-9-21(23-24-22)25-11-3-4-12-25/h1-2,5-10,17H,3-4,11-16H2. The average Bonchev–Trinajstić information content (AvgIpc) is 3.34. The molecule has 156 valence electrons. The van der Waals surface area contributed by atoms with E-state index in [0.717, 1.165) is 35.5 Å². The largest absolute Gasteiger partial charge is 0.355 e. The lowest BCUT2D eigenvalue weighted by atomic mass is 10.1. The van der Waals surface area contributed by atoms with E-state index in [0.29, 0.717) is 31.1 Å². The molecule has 2 saturated heterocycles. The van der Waals surface area contributed by atoms with Crippen molar-refractivity contribution in [3.8, 4) is 0 Å². The predicted octanol–water partition coefficient (Wildman–Crippen LogP) is 2.74. The molecule has 5 rings (SSSR count). The molecule has 30 heavy (non-hydrogen) atoms. The first-order valence-corrected chi connectivity index (χ1v) is 11.9. The Morgan fingerprint density at radius 1 is 0.667 bits per heavy atom. The molecule has 0 bridgehead atoms. The molecule has 8 heteroatoms. The fourth-order valence-electron chi connectivity index (χ4n) is 4.24. The zero-order valence-electron chi connectivity index (χ0n) is 16.8. The van der Waals surface area contributed by atoms with Gasteiger partial charge in [-0.25, -0.2) is 8.42 Å². The Labute approximate surface area is 177 Å². The molecular weight excluding hydrogens is 398 g/mol. The molecule has 3 aromatic rings. The summed E-state index contributed by atoms with van der Waals surface area (Å²) < 4.78 is 27.8. The third-order valence-corrected chi connectivity index (χ3v) is 7.88. The van der Waals surface area contributed by atoms with Crippen LogP contribution in [0.1, 0.15) is 12.8 Å². The number of anilines is 2. The average molecular weight is 424 g/mol. The van der Waals surface area contributed by atoms with Crippen LogP contribution in [0.25, 0.3) is 10.8 Å². The van der Waals surface area contributed by atoms with Gasteiger partial charge in [0.1, 0.15) is 0 Å². The molecule has 0 saturated carbocycles. The molecule has 7 nitrogen and oxygen atoms in total. The number of piperazine rings is 1. The topological polar surface area (TPSA) is 69.6 Å². The molecule has 2 aliphatic rings. The Bertz CT molecular complexity index is 1140. The Morgan fingerprint density at radius 3 is 1.90 bits per heavy atom. The molecule has 0 atom stereocenters. The van der Waals surface area contributed by atoms with Crippen LogP contribution in [0, 0.1) is 0 Å². The summed E-state index contributed by atoms with van der Waals surface area (Å²) in [5.41, 5.74) is 0. The van der Waals surface area contributed by atoms with E-state index < -0.39 is 10.0 Å². The van der Waals surface area contributed by atoms with Crippen molar-refractivity contribution in [2.75, 3.05) is 49.1 Å². The number of hydrogen-bond donors (Lipinski definition) is 0. The van der Waals surface area contributed by atoms with Gasteiger partial charge in [0, 0.05) is 39.3 Å². The molecule has 0 aliphatic carbocycles. The third-order valence-electron chi connectivity index (χ3n) is 5.99. The maximum absolute atomic E-state index is 13.1. The summed E-state index contributed by atoms with van der Waals surface area (Å²) in [7, 11) is -3.51. The fourth-order valence-corrected chi connectivity index (χ4v) is 5.69. The number of nitrogens with zero attached hydrogens (tertiary/aromatic N) is 5. The van der Waals surface area contributed by atoms with Gasteiger partial charge in [0.15, 0.2) is 11.6 Å². The van der Waals surface area contributed by atoms with Crippen LogP contribution in [-0.2, 0) is 10.0 Å². The van der Waals surface area contributed by atoms with Crippen molar-refractivity contribution in [3.63, 3.8) is 0 Å². The van der Waals surface area contributed by atoms with Gasteiger partial charge in [-0.2, -0.15) is 4.31 Å². The number of hydrogen-bond acceptors (Lipinski definition) is 6. The number of fused-ring (bicyclic) bond motifs is 1. The number of sulfonamides is 1. The van der Waals surface area contributed by atoms with Crippen LogP contribution in [0.4, 0.5) is 11.6 Å². The first-order chi connectivity index (χ1) is 14.6. The van der Waals surface area contributed by atoms with Crippen molar-refractivity contribution in [2.24, 2.45) is 0 Å². The highest BCUT2D eigenvalue weighted by atomic mass is 32.2. The van der Waals surface area contributed by atoms with E-state index in [2.05, 4.69) is 20.0 Å². The molecule has 0 radical (unpaired) electrons. The van der Waals surface area contributed by atoms with Crippen molar-refractivity contribution >= 4 is 32.4 Å². The van der Waals surface area contributed by atoms with E-state index in [1.807, 2.05) is 42.5 Å². The summed E-state index contributed by atoms with van der Waals surface area (Å²) in [6, 6.07) is 17.2. The molecule has 2 fully saturated rings. The molecule has 1 aromatic heterocycles. The van der Waals surface area contributed by atoms with Crippen LogP contribution >= 0.6 is 0 Å². The van der Waals surface area contributed by atoms with Crippen LogP contribution < -0.4 is 9.80 Å². The molecule has 0 unspecified atom stereocenters. The van der Waals surface area contributed by atoms with Crippen molar-refractivity contribution in [3.05, 3.63) is 54.6 Å². The number of aromatic nitrogens is 2. The molecule has 0 spiro atoms. The van der Waals surface area contributed by atoms with Crippen LogP contribution in [0.2, 0.25) is 0 Å². The summed E-state index contributed by atoms with van der Waals surface area (Å²) >= 11 is 0. The van der Waals surface area contributed by atoms with Crippen LogP contribution in [0.3, 0.4) is 0 Å². The highest BCUT2D eigenvalue weighted by molar-refractivity contribution is 7.89. The molecular formula is C22H25N5O2S. The summed E-state index contributed by atoms with van der Waals surface area (Å²) in [6.07, 6.45) is 2.41. The van der Waals surface area contributed by atoms with Gasteiger partial charge in [0.2, 0.25) is 10.0 Å². The Hall–Kier alpha value is -2.71. The second-order valence-corrected chi connectivity index (χ2v) is 9.78. The highest BCUT2D eigenvalue weighted by Gasteiger charge is 2.29. The second kappa shape index (κ2) is 7.85. The summed E-state index contributed by atoms with van der Waals surface area (Å²) in [6.45, 7) is 4.16. The van der Waals surface area contributed by atoms with Gasteiger partial charge in [-0.1, -0.05) is 30.3 Å². The lowest BCUT2D eigenvalue weighted by molar-refractivity contribution is 0.383. The first-order valence-electron chi connectivity index (χ1n) is 10.4. The number of rotatable bonds is 4. The van der Waals surface area contributed by atoms with Gasteiger partial charge in [-0.15, -0.1) is 10.2 Å². The predicted molar refractivity (Wildman–Crippen MR) is 118 cm³/mol. The Balaban J connectivity index is 1.27. The summed E-state index contributed by atoms with van der Waals surface area (Å²) in [5, 5.41) is 10.8. The van der Waals surface area contributed by atoms with Gasteiger partial charge < -0.3 is 9.80 Å². The van der Waals surface area contributed by atoms with Crippen LogP contribution in [-0.4, -0.2) is 62.2 Å². The Kier molecular flexibility index (Phi) is 5.04.